The fourth-order valence-electron chi connectivity index (χ4n) is 1.47. The van der Waals surface area contributed by atoms with Crippen LogP contribution in [0.25, 0.3) is 0 Å². The first-order chi connectivity index (χ1) is 6.86. The number of carbonyl (C=O) groups is 1. The second-order valence-corrected chi connectivity index (χ2v) is 3.25. The SMILES string of the molecule is O=C(Cc1cnc[nH]1)N1CCOCC1. The third kappa shape index (κ3) is 2.11. The van der Waals surface area contributed by atoms with E-state index in [0.29, 0.717) is 32.7 Å². The molecule has 5 heteroatoms. The lowest BCUT2D eigenvalue weighted by atomic mass is 10.3. The largest absolute Gasteiger partial charge is 0.378 e. The number of hydrogen-bond donors (Lipinski definition) is 1. The average molecular weight is 195 g/mol. The predicted molar refractivity (Wildman–Crippen MR) is 49.7 cm³/mol. The van der Waals surface area contributed by atoms with E-state index in [1.807, 2.05) is 4.90 Å². The maximum absolute atomic E-state index is 11.7. The van der Waals surface area contributed by atoms with Gasteiger partial charge in [0.2, 0.25) is 5.91 Å². The highest BCUT2D eigenvalue weighted by atomic mass is 16.5. The number of nitrogens with zero attached hydrogens (tertiary/aromatic N) is 2. The van der Waals surface area contributed by atoms with Crippen LogP contribution < -0.4 is 0 Å². The molecule has 2 rings (SSSR count). The van der Waals surface area contributed by atoms with Crippen LogP contribution in [0.5, 0.6) is 0 Å². The summed E-state index contributed by atoms with van der Waals surface area (Å²) >= 11 is 0. The van der Waals surface area contributed by atoms with E-state index < -0.39 is 0 Å². The minimum atomic E-state index is 0.137. The molecule has 1 fully saturated rings. The van der Waals surface area contributed by atoms with Gasteiger partial charge in [-0.1, -0.05) is 0 Å². The van der Waals surface area contributed by atoms with Crippen LogP contribution in [0.15, 0.2) is 12.5 Å². The van der Waals surface area contributed by atoms with Gasteiger partial charge in [0.05, 0.1) is 26.0 Å². The normalized spacial score (nSPS) is 17.0. The average Bonchev–Trinajstić information content (AvgIpc) is 2.72. The summed E-state index contributed by atoms with van der Waals surface area (Å²) in [5.74, 6) is 0.137. The van der Waals surface area contributed by atoms with Gasteiger partial charge < -0.3 is 14.6 Å². The van der Waals surface area contributed by atoms with Gasteiger partial charge in [-0.3, -0.25) is 4.79 Å². The standard InChI is InChI=1S/C9H13N3O2/c13-9(5-8-6-10-7-11-8)12-1-3-14-4-2-12/h6-7H,1-5H2,(H,10,11). The lowest BCUT2D eigenvalue weighted by Gasteiger charge is -2.26. The molecule has 1 aromatic heterocycles. The molecule has 76 valence electrons. The van der Waals surface area contributed by atoms with Crippen LogP contribution in [0.1, 0.15) is 5.69 Å². The molecule has 1 aliphatic heterocycles. The van der Waals surface area contributed by atoms with Gasteiger partial charge in [-0.15, -0.1) is 0 Å². The summed E-state index contributed by atoms with van der Waals surface area (Å²) in [6.45, 7) is 2.70. The Morgan fingerprint density at radius 3 is 3.00 bits per heavy atom. The molecule has 2 heterocycles. The van der Waals surface area contributed by atoms with E-state index in [4.69, 9.17) is 4.74 Å². The maximum Gasteiger partial charge on any atom is 0.228 e. The molecule has 0 atom stereocenters. The highest BCUT2D eigenvalue weighted by molar-refractivity contribution is 5.78. The summed E-state index contributed by atoms with van der Waals surface area (Å²) in [6, 6.07) is 0. The molecular weight excluding hydrogens is 182 g/mol. The first-order valence-electron chi connectivity index (χ1n) is 4.69. The van der Waals surface area contributed by atoms with Crippen molar-refractivity contribution >= 4 is 5.91 Å². The van der Waals surface area contributed by atoms with Gasteiger partial charge in [0.25, 0.3) is 0 Å². The quantitative estimate of drug-likeness (QED) is 0.711. The summed E-state index contributed by atoms with van der Waals surface area (Å²) < 4.78 is 5.17. The van der Waals surface area contributed by atoms with Gasteiger partial charge in [-0.2, -0.15) is 0 Å². The number of morpholine rings is 1. The maximum atomic E-state index is 11.7. The second kappa shape index (κ2) is 4.23. The van der Waals surface area contributed by atoms with Gasteiger partial charge in [-0.25, -0.2) is 4.98 Å². The van der Waals surface area contributed by atoms with Crippen LogP contribution in [0.3, 0.4) is 0 Å². The van der Waals surface area contributed by atoms with Crippen LogP contribution in [0.2, 0.25) is 0 Å². The number of imidazole rings is 1. The zero-order chi connectivity index (χ0) is 9.80. The van der Waals surface area contributed by atoms with Gasteiger partial charge in [0.1, 0.15) is 0 Å². The van der Waals surface area contributed by atoms with Crippen molar-refractivity contribution in [2.75, 3.05) is 26.3 Å². The Hall–Kier alpha value is -1.36. The molecular formula is C9H13N3O2. The molecule has 5 nitrogen and oxygen atoms in total. The minimum Gasteiger partial charge on any atom is -0.378 e. The van der Waals surface area contributed by atoms with Crippen molar-refractivity contribution < 1.29 is 9.53 Å². The second-order valence-electron chi connectivity index (χ2n) is 3.25. The lowest BCUT2D eigenvalue weighted by molar-refractivity contribution is -0.134. The van der Waals surface area contributed by atoms with Crippen LogP contribution in [0, 0.1) is 0 Å². The molecule has 1 N–H and O–H groups in total. The van der Waals surface area contributed by atoms with Crippen LogP contribution in [-0.4, -0.2) is 47.1 Å². The van der Waals surface area contributed by atoms with Gasteiger partial charge in [-0.05, 0) is 0 Å². The number of ether oxygens (including phenoxy) is 1. The van der Waals surface area contributed by atoms with Crippen molar-refractivity contribution in [3.63, 3.8) is 0 Å². The Labute approximate surface area is 82.1 Å². The van der Waals surface area contributed by atoms with Gasteiger partial charge >= 0.3 is 0 Å². The zero-order valence-corrected chi connectivity index (χ0v) is 7.90. The van der Waals surface area contributed by atoms with Gasteiger partial charge in [0, 0.05) is 25.0 Å². The molecule has 0 unspecified atom stereocenters. The molecule has 0 saturated carbocycles. The summed E-state index contributed by atoms with van der Waals surface area (Å²) in [7, 11) is 0. The third-order valence-electron chi connectivity index (χ3n) is 2.26. The molecule has 0 bridgehead atoms. The highest BCUT2D eigenvalue weighted by Gasteiger charge is 2.16. The van der Waals surface area contributed by atoms with E-state index >= 15 is 0 Å². The van der Waals surface area contributed by atoms with Crippen molar-refractivity contribution in [2.24, 2.45) is 0 Å². The monoisotopic (exact) mass is 195 g/mol. The van der Waals surface area contributed by atoms with E-state index in [-0.39, 0.29) is 5.91 Å². The molecule has 1 aromatic rings. The zero-order valence-electron chi connectivity index (χ0n) is 7.90. The molecule has 1 saturated heterocycles. The van der Waals surface area contributed by atoms with Crippen LogP contribution >= 0.6 is 0 Å². The molecule has 1 amide bonds. The number of hydrogen-bond acceptors (Lipinski definition) is 3. The number of rotatable bonds is 2. The molecule has 14 heavy (non-hydrogen) atoms. The van der Waals surface area contributed by atoms with E-state index in [1.165, 1.54) is 0 Å². The summed E-state index contributed by atoms with van der Waals surface area (Å²) in [4.78, 5) is 20.3. The van der Waals surface area contributed by atoms with Gasteiger partial charge in [0.15, 0.2) is 0 Å². The van der Waals surface area contributed by atoms with E-state index in [0.717, 1.165) is 5.69 Å². The number of nitrogens with one attached hydrogen (secondary N) is 1. The van der Waals surface area contributed by atoms with E-state index in [1.54, 1.807) is 12.5 Å². The fraction of sp³-hybridized carbons (Fsp3) is 0.556. The van der Waals surface area contributed by atoms with Crippen LogP contribution in [-0.2, 0) is 16.0 Å². The Balaban J connectivity index is 1.88. The number of aromatic nitrogens is 2. The van der Waals surface area contributed by atoms with Crippen molar-refractivity contribution in [3.05, 3.63) is 18.2 Å². The molecule has 1 aliphatic rings. The number of H-pyrrole nitrogens is 1. The Morgan fingerprint density at radius 1 is 1.57 bits per heavy atom. The topological polar surface area (TPSA) is 58.2 Å². The Kier molecular flexibility index (Phi) is 2.78. The number of carbonyl (C=O) groups excluding carboxylic acids is 1. The first-order valence-corrected chi connectivity index (χ1v) is 4.69. The van der Waals surface area contributed by atoms with E-state index in [2.05, 4.69) is 9.97 Å². The highest BCUT2D eigenvalue weighted by Crippen LogP contribution is 2.01. The van der Waals surface area contributed by atoms with Crippen molar-refractivity contribution in [2.45, 2.75) is 6.42 Å². The van der Waals surface area contributed by atoms with Crippen molar-refractivity contribution in [1.82, 2.24) is 14.9 Å². The Morgan fingerprint density at radius 2 is 2.36 bits per heavy atom. The molecule has 0 spiro atoms. The minimum absolute atomic E-state index is 0.137. The van der Waals surface area contributed by atoms with Crippen molar-refractivity contribution in [3.8, 4) is 0 Å². The number of aromatic amines is 1. The first kappa shape index (κ1) is 9.21. The molecule has 0 radical (unpaired) electrons. The molecule has 0 aromatic carbocycles. The summed E-state index contributed by atoms with van der Waals surface area (Å²) in [6.07, 6.45) is 3.67. The Bertz CT molecular complexity index is 291. The smallest absolute Gasteiger partial charge is 0.228 e. The fourth-order valence-corrected chi connectivity index (χ4v) is 1.47. The lowest BCUT2D eigenvalue weighted by Crippen LogP contribution is -2.41. The third-order valence-corrected chi connectivity index (χ3v) is 2.26. The van der Waals surface area contributed by atoms with Crippen molar-refractivity contribution in [1.29, 1.82) is 0 Å². The van der Waals surface area contributed by atoms with E-state index in [9.17, 15) is 4.79 Å². The van der Waals surface area contributed by atoms with Crippen LogP contribution in [0.4, 0.5) is 0 Å². The number of amides is 1. The summed E-state index contributed by atoms with van der Waals surface area (Å²) in [5, 5.41) is 0. The summed E-state index contributed by atoms with van der Waals surface area (Å²) in [5.41, 5.74) is 0.862. The molecule has 0 aliphatic carbocycles. The predicted octanol–water partition coefficient (Wildman–Crippen LogP) is -0.189.